The molecule has 3 rings (SSSR count). The van der Waals surface area contributed by atoms with Gasteiger partial charge >= 0.3 is 0 Å². The minimum absolute atomic E-state index is 0.0320. The van der Waals surface area contributed by atoms with Crippen LogP contribution >= 0.6 is 22.6 Å². The average Bonchev–Trinajstić information content (AvgIpc) is 2.83. The second kappa shape index (κ2) is 11.9. The average molecular weight is 563 g/mol. The van der Waals surface area contributed by atoms with Crippen molar-refractivity contribution in [1.29, 1.82) is 10.5 Å². The summed E-state index contributed by atoms with van der Waals surface area (Å²) >= 11 is 2.13. The number of carbonyl (C=O) groups excluding carboxylic acids is 1. The van der Waals surface area contributed by atoms with Crippen LogP contribution in [0, 0.1) is 33.2 Å². The Morgan fingerprint density at radius 1 is 1.09 bits per heavy atom. The molecule has 0 aliphatic rings. The molecule has 0 heterocycles. The summed E-state index contributed by atoms with van der Waals surface area (Å²) in [6.07, 6.45) is 1.52. The first-order valence-electron chi connectivity index (χ1n) is 10.5. The van der Waals surface area contributed by atoms with Gasteiger partial charge in [0.1, 0.15) is 18.2 Å². The number of benzene rings is 3. The molecule has 1 amide bonds. The summed E-state index contributed by atoms with van der Waals surface area (Å²) < 4.78 is 12.6. The van der Waals surface area contributed by atoms with E-state index in [2.05, 4.69) is 34.0 Å². The van der Waals surface area contributed by atoms with E-state index in [9.17, 15) is 15.3 Å². The molecule has 0 aliphatic heterocycles. The van der Waals surface area contributed by atoms with Gasteiger partial charge in [0.15, 0.2) is 11.5 Å². The van der Waals surface area contributed by atoms with E-state index in [0.717, 1.165) is 14.7 Å². The van der Waals surface area contributed by atoms with Gasteiger partial charge in [0.25, 0.3) is 5.91 Å². The molecule has 3 aromatic rings. The molecular formula is C27H22IN3O3. The van der Waals surface area contributed by atoms with Gasteiger partial charge < -0.3 is 14.8 Å². The topological polar surface area (TPSA) is 95.1 Å². The van der Waals surface area contributed by atoms with Gasteiger partial charge in [-0.1, -0.05) is 35.9 Å². The molecule has 0 aliphatic carbocycles. The molecule has 170 valence electrons. The lowest BCUT2D eigenvalue weighted by Gasteiger charge is -2.15. The van der Waals surface area contributed by atoms with Crippen LogP contribution in [0.1, 0.15) is 29.2 Å². The summed E-state index contributed by atoms with van der Waals surface area (Å²) in [7, 11) is 0. The fraction of sp³-hybridized carbons (Fsp3) is 0.148. The Kier molecular flexibility index (Phi) is 8.66. The quantitative estimate of drug-likeness (QED) is 0.206. The molecule has 0 saturated heterocycles. The Balaban J connectivity index is 1.86. The number of anilines is 1. The van der Waals surface area contributed by atoms with Crippen LogP contribution in [0.4, 0.5) is 5.69 Å². The minimum atomic E-state index is -0.493. The summed E-state index contributed by atoms with van der Waals surface area (Å²) in [5.74, 6) is 0.536. The first-order valence-corrected chi connectivity index (χ1v) is 11.6. The Labute approximate surface area is 212 Å². The predicted molar refractivity (Wildman–Crippen MR) is 139 cm³/mol. The number of nitrogens with zero attached hydrogens (tertiary/aromatic N) is 2. The minimum Gasteiger partial charge on any atom is -0.490 e. The van der Waals surface area contributed by atoms with E-state index in [-0.39, 0.29) is 12.2 Å². The highest BCUT2D eigenvalue weighted by molar-refractivity contribution is 14.1. The molecule has 3 aromatic carbocycles. The second-order valence-corrected chi connectivity index (χ2v) is 8.47. The van der Waals surface area contributed by atoms with Crippen LogP contribution in [0.5, 0.6) is 11.5 Å². The van der Waals surface area contributed by atoms with Gasteiger partial charge in [0, 0.05) is 11.3 Å². The zero-order valence-electron chi connectivity index (χ0n) is 18.8. The van der Waals surface area contributed by atoms with E-state index in [4.69, 9.17) is 9.47 Å². The van der Waals surface area contributed by atoms with E-state index in [1.54, 1.807) is 30.3 Å². The van der Waals surface area contributed by atoms with Crippen LogP contribution < -0.4 is 14.8 Å². The third-order valence-electron chi connectivity index (χ3n) is 4.83. The molecule has 6 nitrogen and oxygen atoms in total. The molecule has 0 radical (unpaired) electrons. The molecule has 0 spiro atoms. The number of halogens is 1. The maximum atomic E-state index is 12.6. The van der Waals surface area contributed by atoms with Crippen LogP contribution in [0.2, 0.25) is 0 Å². The number of nitriles is 2. The Bertz CT molecular complexity index is 1300. The zero-order chi connectivity index (χ0) is 24.5. The van der Waals surface area contributed by atoms with Crippen molar-refractivity contribution in [3.8, 4) is 23.6 Å². The molecular weight excluding hydrogens is 541 g/mol. The molecule has 0 atom stereocenters. The van der Waals surface area contributed by atoms with Gasteiger partial charge in [-0.2, -0.15) is 10.5 Å². The number of hydrogen-bond donors (Lipinski definition) is 1. The van der Waals surface area contributed by atoms with Gasteiger partial charge in [-0.15, -0.1) is 0 Å². The highest BCUT2D eigenvalue weighted by Crippen LogP contribution is 2.35. The number of ether oxygens (including phenoxy) is 2. The van der Waals surface area contributed by atoms with Crippen LogP contribution in [0.15, 0.2) is 66.2 Å². The largest absolute Gasteiger partial charge is 0.490 e. The van der Waals surface area contributed by atoms with Crippen molar-refractivity contribution < 1.29 is 14.3 Å². The molecule has 1 N–H and O–H groups in total. The summed E-state index contributed by atoms with van der Waals surface area (Å²) in [4.78, 5) is 12.6. The lowest BCUT2D eigenvalue weighted by molar-refractivity contribution is -0.112. The highest BCUT2D eigenvalue weighted by atomic mass is 127. The monoisotopic (exact) mass is 563 g/mol. The summed E-state index contributed by atoms with van der Waals surface area (Å²) in [6, 6.07) is 22.3. The van der Waals surface area contributed by atoms with E-state index in [0.29, 0.717) is 34.9 Å². The predicted octanol–water partition coefficient (Wildman–Crippen LogP) is 5.99. The molecule has 0 unspecified atom stereocenters. The van der Waals surface area contributed by atoms with Crippen molar-refractivity contribution in [3.63, 3.8) is 0 Å². The molecule has 7 heteroatoms. The Morgan fingerprint density at radius 2 is 1.82 bits per heavy atom. The number of nitrogens with one attached hydrogen (secondary N) is 1. The normalized spacial score (nSPS) is 10.7. The number of aryl methyl sites for hydroxylation is 1. The maximum Gasteiger partial charge on any atom is 0.266 e. The first kappa shape index (κ1) is 24.8. The SMILES string of the molecule is CCOc1cc(/C=C(\C#N)C(=O)Nc2ccc(C)cc2)cc(I)c1OCc1ccccc1C#N. The molecule has 0 aromatic heterocycles. The first-order chi connectivity index (χ1) is 16.4. The van der Waals surface area contributed by atoms with Crippen molar-refractivity contribution in [3.05, 3.63) is 92.1 Å². The smallest absolute Gasteiger partial charge is 0.266 e. The van der Waals surface area contributed by atoms with Gasteiger partial charge in [-0.25, -0.2) is 0 Å². The van der Waals surface area contributed by atoms with Crippen molar-refractivity contribution >= 4 is 40.3 Å². The van der Waals surface area contributed by atoms with Crippen LogP contribution in [0.25, 0.3) is 6.08 Å². The van der Waals surface area contributed by atoms with Crippen molar-refractivity contribution in [2.75, 3.05) is 11.9 Å². The highest BCUT2D eigenvalue weighted by Gasteiger charge is 2.15. The molecule has 0 fully saturated rings. The lowest BCUT2D eigenvalue weighted by atomic mass is 10.1. The fourth-order valence-electron chi connectivity index (χ4n) is 3.13. The zero-order valence-corrected chi connectivity index (χ0v) is 20.9. The Hall–Kier alpha value is -3.82. The van der Waals surface area contributed by atoms with E-state index in [1.165, 1.54) is 6.08 Å². The van der Waals surface area contributed by atoms with E-state index in [1.807, 2.05) is 50.2 Å². The number of hydrogen-bond acceptors (Lipinski definition) is 5. The molecule has 34 heavy (non-hydrogen) atoms. The van der Waals surface area contributed by atoms with Crippen LogP contribution in [-0.4, -0.2) is 12.5 Å². The number of amides is 1. The van der Waals surface area contributed by atoms with E-state index < -0.39 is 5.91 Å². The van der Waals surface area contributed by atoms with E-state index >= 15 is 0 Å². The number of rotatable bonds is 8. The van der Waals surface area contributed by atoms with Crippen LogP contribution in [-0.2, 0) is 11.4 Å². The third kappa shape index (κ3) is 6.37. The van der Waals surface area contributed by atoms with Crippen molar-refractivity contribution in [1.82, 2.24) is 0 Å². The van der Waals surface area contributed by atoms with Crippen molar-refractivity contribution in [2.24, 2.45) is 0 Å². The maximum absolute atomic E-state index is 12.6. The summed E-state index contributed by atoms with van der Waals surface area (Å²) in [5, 5.41) is 21.6. The molecule has 0 saturated carbocycles. The third-order valence-corrected chi connectivity index (χ3v) is 5.63. The second-order valence-electron chi connectivity index (χ2n) is 7.31. The summed E-state index contributed by atoms with van der Waals surface area (Å²) in [5.41, 5.74) is 3.61. The lowest BCUT2D eigenvalue weighted by Crippen LogP contribution is -2.13. The van der Waals surface area contributed by atoms with Crippen LogP contribution in [0.3, 0.4) is 0 Å². The summed E-state index contributed by atoms with van der Waals surface area (Å²) in [6.45, 7) is 4.43. The molecule has 0 bridgehead atoms. The fourth-order valence-corrected chi connectivity index (χ4v) is 3.91. The van der Waals surface area contributed by atoms with Gasteiger partial charge in [-0.3, -0.25) is 4.79 Å². The van der Waals surface area contributed by atoms with Gasteiger partial charge in [0.2, 0.25) is 0 Å². The number of carbonyl (C=O) groups is 1. The van der Waals surface area contributed by atoms with Gasteiger partial charge in [-0.05, 0) is 78.4 Å². The van der Waals surface area contributed by atoms with Gasteiger partial charge in [0.05, 0.1) is 21.8 Å². The van der Waals surface area contributed by atoms with Crippen molar-refractivity contribution in [2.45, 2.75) is 20.5 Å². The standard InChI is InChI=1S/C27H22IN3O3/c1-3-33-25-14-19(12-22(16-30)27(32)31-23-10-8-18(2)9-11-23)13-24(28)26(25)34-17-21-7-5-4-6-20(21)15-29/h4-14H,3,17H2,1-2H3,(H,31,32)/b22-12+. The Morgan fingerprint density at radius 3 is 2.50 bits per heavy atom.